The van der Waals surface area contributed by atoms with Gasteiger partial charge in [0.25, 0.3) is 5.91 Å². The van der Waals surface area contributed by atoms with E-state index in [2.05, 4.69) is 15.4 Å². The molecule has 2 heterocycles. The third kappa shape index (κ3) is 3.07. The average molecular weight is 344 g/mol. The molecule has 24 heavy (non-hydrogen) atoms. The van der Waals surface area contributed by atoms with Gasteiger partial charge in [-0.25, -0.2) is 14.1 Å². The molecule has 0 saturated heterocycles. The highest BCUT2D eigenvalue weighted by Crippen LogP contribution is 2.23. The molecule has 0 fully saturated rings. The number of benzene rings is 1. The minimum Gasteiger partial charge on any atom is -0.298 e. The van der Waals surface area contributed by atoms with Crippen LogP contribution < -0.4 is 5.32 Å². The number of aromatic nitrogens is 3. The molecule has 3 aromatic rings. The topological polar surface area (TPSA) is 59.8 Å². The highest BCUT2D eigenvalue weighted by molar-refractivity contribution is 7.14. The second kappa shape index (κ2) is 6.52. The Labute approximate surface area is 143 Å². The van der Waals surface area contributed by atoms with Crippen molar-refractivity contribution in [1.82, 2.24) is 14.8 Å². The molecule has 2 aromatic heterocycles. The van der Waals surface area contributed by atoms with Crippen LogP contribution in [0, 0.1) is 12.7 Å². The highest BCUT2D eigenvalue weighted by atomic mass is 32.1. The van der Waals surface area contributed by atoms with Gasteiger partial charge >= 0.3 is 0 Å². The van der Waals surface area contributed by atoms with Gasteiger partial charge in [-0.3, -0.25) is 10.1 Å². The number of hydrogen-bond donors (Lipinski definition) is 1. The van der Waals surface area contributed by atoms with Crippen LogP contribution in [0.15, 0.2) is 35.8 Å². The smallest absolute Gasteiger partial charge is 0.260 e. The molecular formula is C17H17FN4OS. The number of para-hydroxylation sites is 1. The van der Waals surface area contributed by atoms with Gasteiger partial charge in [0.1, 0.15) is 11.5 Å². The molecule has 1 N–H and O–H groups in total. The number of amides is 1. The third-order valence-electron chi connectivity index (χ3n) is 3.67. The van der Waals surface area contributed by atoms with Crippen LogP contribution in [0.5, 0.6) is 0 Å². The fourth-order valence-electron chi connectivity index (χ4n) is 2.27. The molecule has 124 valence electrons. The lowest BCUT2D eigenvalue weighted by Crippen LogP contribution is -2.13. The summed E-state index contributed by atoms with van der Waals surface area (Å²) in [6.07, 6.45) is 1.44. The maximum Gasteiger partial charge on any atom is 0.260 e. The number of hydrogen-bond acceptors (Lipinski definition) is 4. The van der Waals surface area contributed by atoms with Crippen molar-refractivity contribution >= 4 is 22.4 Å². The Morgan fingerprint density at radius 2 is 2.08 bits per heavy atom. The number of carbonyl (C=O) groups excluding carboxylic acids is 1. The summed E-state index contributed by atoms with van der Waals surface area (Å²) in [5, 5.41) is 9.39. The van der Waals surface area contributed by atoms with Gasteiger partial charge < -0.3 is 0 Å². The Morgan fingerprint density at radius 1 is 1.33 bits per heavy atom. The van der Waals surface area contributed by atoms with E-state index in [-0.39, 0.29) is 5.91 Å². The lowest BCUT2D eigenvalue weighted by atomic mass is 10.2. The maximum atomic E-state index is 13.9. The van der Waals surface area contributed by atoms with Crippen molar-refractivity contribution in [2.24, 2.45) is 0 Å². The van der Waals surface area contributed by atoms with E-state index < -0.39 is 5.82 Å². The molecular weight excluding hydrogens is 327 g/mol. The lowest BCUT2D eigenvalue weighted by Gasteiger charge is -2.06. The van der Waals surface area contributed by atoms with Crippen LogP contribution >= 0.6 is 11.3 Å². The first-order valence-electron chi connectivity index (χ1n) is 7.53. The predicted molar refractivity (Wildman–Crippen MR) is 92.4 cm³/mol. The molecule has 7 heteroatoms. The van der Waals surface area contributed by atoms with Crippen LogP contribution in [0.4, 0.5) is 9.52 Å². The molecule has 3 rings (SSSR count). The van der Waals surface area contributed by atoms with Gasteiger partial charge in [-0.2, -0.15) is 5.10 Å². The molecule has 0 aliphatic rings. The third-order valence-corrected chi connectivity index (χ3v) is 4.44. The number of nitrogens with one attached hydrogen (secondary N) is 1. The number of nitrogens with zero attached hydrogens (tertiary/aromatic N) is 3. The van der Waals surface area contributed by atoms with E-state index in [1.54, 1.807) is 25.1 Å². The predicted octanol–water partition coefficient (Wildman–Crippen LogP) is 4.15. The van der Waals surface area contributed by atoms with Crippen molar-refractivity contribution in [2.45, 2.75) is 26.7 Å². The summed E-state index contributed by atoms with van der Waals surface area (Å²) in [4.78, 5) is 16.8. The minimum atomic E-state index is -0.392. The summed E-state index contributed by atoms with van der Waals surface area (Å²) < 4.78 is 15.3. The average Bonchev–Trinajstić information content (AvgIpc) is 3.15. The van der Waals surface area contributed by atoms with E-state index in [1.165, 1.54) is 28.3 Å². The van der Waals surface area contributed by atoms with Crippen molar-refractivity contribution in [3.8, 4) is 5.69 Å². The molecule has 0 bridgehead atoms. The van der Waals surface area contributed by atoms with Gasteiger partial charge in [-0.05, 0) is 25.0 Å². The zero-order valence-electron chi connectivity index (χ0n) is 13.6. The molecule has 0 radical (unpaired) electrons. The SMILES string of the molecule is Cc1c(C(=O)Nc2nc(C(C)C)cs2)cnn1-c1ccccc1F. The fraction of sp³-hybridized carbons (Fsp3) is 0.235. The second-order valence-electron chi connectivity index (χ2n) is 5.69. The van der Waals surface area contributed by atoms with Crippen LogP contribution in [0.2, 0.25) is 0 Å². The fourth-order valence-corrected chi connectivity index (χ4v) is 3.14. The number of rotatable bonds is 4. The number of carbonyl (C=O) groups is 1. The quantitative estimate of drug-likeness (QED) is 0.773. The molecule has 1 aromatic carbocycles. The molecule has 5 nitrogen and oxygen atoms in total. The van der Waals surface area contributed by atoms with Gasteiger partial charge in [0.15, 0.2) is 5.13 Å². The molecule has 0 atom stereocenters. The standard InChI is InChI=1S/C17H17FN4OS/c1-10(2)14-9-24-17(20-14)21-16(23)12-8-19-22(11(12)3)15-7-5-4-6-13(15)18/h4-10H,1-3H3,(H,20,21,23). The Balaban J connectivity index is 1.85. The molecule has 1 amide bonds. The number of thiazole rings is 1. The largest absolute Gasteiger partial charge is 0.298 e. The summed E-state index contributed by atoms with van der Waals surface area (Å²) in [5.41, 5.74) is 2.21. The van der Waals surface area contributed by atoms with E-state index in [4.69, 9.17) is 0 Å². The zero-order chi connectivity index (χ0) is 17.3. The van der Waals surface area contributed by atoms with Gasteiger partial charge in [-0.1, -0.05) is 26.0 Å². The Kier molecular flexibility index (Phi) is 4.44. The van der Waals surface area contributed by atoms with Crippen LogP contribution in [0.1, 0.15) is 41.5 Å². The first-order valence-corrected chi connectivity index (χ1v) is 8.41. The summed E-state index contributed by atoms with van der Waals surface area (Å²) in [6, 6.07) is 6.31. The lowest BCUT2D eigenvalue weighted by molar-refractivity contribution is 0.102. The Morgan fingerprint density at radius 3 is 2.75 bits per heavy atom. The number of anilines is 1. The molecule has 0 saturated carbocycles. The Bertz CT molecular complexity index is 884. The monoisotopic (exact) mass is 344 g/mol. The van der Waals surface area contributed by atoms with Crippen molar-refractivity contribution in [2.75, 3.05) is 5.32 Å². The van der Waals surface area contributed by atoms with Gasteiger partial charge in [-0.15, -0.1) is 11.3 Å². The zero-order valence-corrected chi connectivity index (χ0v) is 14.4. The van der Waals surface area contributed by atoms with Crippen molar-refractivity contribution in [3.63, 3.8) is 0 Å². The van der Waals surface area contributed by atoms with Gasteiger partial charge in [0.2, 0.25) is 0 Å². The van der Waals surface area contributed by atoms with Gasteiger partial charge in [0, 0.05) is 5.38 Å². The first kappa shape index (κ1) is 16.3. The van der Waals surface area contributed by atoms with Crippen LogP contribution in [-0.2, 0) is 0 Å². The van der Waals surface area contributed by atoms with Crippen molar-refractivity contribution in [3.05, 3.63) is 58.6 Å². The Hall–Kier alpha value is -2.54. The van der Waals surface area contributed by atoms with Crippen molar-refractivity contribution < 1.29 is 9.18 Å². The normalized spacial score (nSPS) is 11.0. The number of halogens is 1. The van der Waals surface area contributed by atoms with Gasteiger partial charge in [0.05, 0.1) is 23.1 Å². The molecule has 0 aliphatic heterocycles. The van der Waals surface area contributed by atoms with E-state index in [0.717, 1.165) is 5.69 Å². The van der Waals surface area contributed by atoms with Crippen LogP contribution in [-0.4, -0.2) is 20.7 Å². The van der Waals surface area contributed by atoms with Crippen LogP contribution in [0.3, 0.4) is 0 Å². The molecule has 0 aliphatic carbocycles. The minimum absolute atomic E-state index is 0.303. The summed E-state index contributed by atoms with van der Waals surface area (Å²) in [7, 11) is 0. The van der Waals surface area contributed by atoms with E-state index >= 15 is 0 Å². The van der Waals surface area contributed by atoms with E-state index in [9.17, 15) is 9.18 Å². The summed E-state index contributed by atoms with van der Waals surface area (Å²) >= 11 is 1.38. The molecule has 0 unspecified atom stereocenters. The van der Waals surface area contributed by atoms with Crippen LogP contribution in [0.25, 0.3) is 5.69 Å². The first-order chi connectivity index (χ1) is 11.5. The summed E-state index contributed by atoms with van der Waals surface area (Å²) in [5.74, 6) is -0.394. The maximum absolute atomic E-state index is 13.9. The molecule has 0 spiro atoms. The van der Waals surface area contributed by atoms with Crippen molar-refractivity contribution in [1.29, 1.82) is 0 Å². The second-order valence-corrected chi connectivity index (χ2v) is 6.55. The highest BCUT2D eigenvalue weighted by Gasteiger charge is 2.18. The summed E-state index contributed by atoms with van der Waals surface area (Å²) in [6.45, 7) is 5.82. The van der Waals surface area contributed by atoms with E-state index in [1.807, 2.05) is 19.2 Å². The van der Waals surface area contributed by atoms with E-state index in [0.29, 0.717) is 28.0 Å².